The van der Waals surface area contributed by atoms with Crippen molar-refractivity contribution in [3.05, 3.63) is 69.8 Å². The number of hydrogen-bond donors (Lipinski definition) is 1. The molecular weight excluding hydrogens is 664 g/mol. The van der Waals surface area contributed by atoms with Crippen LogP contribution in [0, 0.1) is 0 Å². The number of hydrogen-bond acceptors (Lipinski definition) is 11. The van der Waals surface area contributed by atoms with Crippen LogP contribution in [0.1, 0.15) is 45.5 Å². The van der Waals surface area contributed by atoms with E-state index in [0.717, 1.165) is 65.1 Å². The predicted molar refractivity (Wildman–Crippen MR) is 198 cm³/mol. The maximum absolute atomic E-state index is 11.3. The fourth-order valence-electron chi connectivity index (χ4n) is 8.31. The first-order chi connectivity index (χ1) is 25.2. The van der Waals surface area contributed by atoms with E-state index in [1.807, 2.05) is 18.2 Å². The van der Waals surface area contributed by atoms with Crippen molar-refractivity contribution in [3.8, 4) is 68.6 Å². The van der Waals surface area contributed by atoms with Crippen molar-refractivity contribution < 1.29 is 43.0 Å². The summed E-state index contributed by atoms with van der Waals surface area (Å²) in [6.45, 7) is 1.70. The Morgan fingerprint density at radius 3 is 1.88 bits per heavy atom. The minimum absolute atomic E-state index is 0.0285. The molecule has 2 aliphatic heterocycles. The van der Waals surface area contributed by atoms with Gasteiger partial charge >= 0.3 is 0 Å². The van der Waals surface area contributed by atoms with E-state index in [-0.39, 0.29) is 17.8 Å². The van der Waals surface area contributed by atoms with Crippen LogP contribution in [0.4, 0.5) is 0 Å². The summed E-state index contributed by atoms with van der Waals surface area (Å²) in [6.07, 6.45) is 2.96. The van der Waals surface area contributed by atoms with Gasteiger partial charge in [-0.15, -0.1) is 0 Å². The van der Waals surface area contributed by atoms with Crippen molar-refractivity contribution in [2.24, 2.45) is 0 Å². The molecule has 4 aromatic carbocycles. The van der Waals surface area contributed by atoms with Crippen LogP contribution < -0.4 is 37.9 Å². The van der Waals surface area contributed by atoms with Gasteiger partial charge in [0, 0.05) is 47.9 Å². The van der Waals surface area contributed by atoms with Gasteiger partial charge in [0.15, 0.2) is 46.0 Å². The van der Waals surface area contributed by atoms with Gasteiger partial charge < -0.3 is 43.0 Å². The lowest BCUT2D eigenvalue weighted by molar-refractivity contribution is 0.223. The molecule has 3 aliphatic rings. The van der Waals surface area contributed by atoms with E-state index in [4.69, 9.17) is 37.9 Å². The number of likely N-dealkylation sites (N-methyl/N-ethyl adjacent to an activating group) is 2. The molecule has 0 aromatic heterocycles. The van der Waals surface area contributed by atoms with Gasteiger partial charge in [0.25, 0.3) is 0 Å². The van der Waals surface area contributed by atoms with Gasteiger partial charge in [-0.2, -0.15) is 0 Å². The zero-order valence-electron chi connectivity index (χ0n) is 31.5. The van der Waals surface area contributed by atoms with E-state index in [1.165, 1.54) is 11.1 Å². The van der Waals surface area contributed by atoms with Crippen LogP contribution in [-0.4, -0.2) is 91.9 Å². The second kappa shape index (κ2) is 14.2. The van der Waals surface area contributed by atoms with Gasteiger partial charge in [-0.1, -0.05) is 0 Å². The molecule has 7 rings (SSSR count). The van der Waals surface area contributed by atoms with Gasteiger partial charge in [0.05, 0.1) is 49.8 Å². The normalized spacial score (nSPS) is 17.7. The quantitative estimate of drug-likeness (QED) is 0.178. The Kier molecular flexibility index (Phi) is 9.67. The molecule has 52 heavy (non-hydrogen) atoms. The molecule has 1 aliphatic carbocycles. The van der Waals surface area contributed by atoms with Gasteiger partial charge in [0.2, 0.25) is 5.75 Å². The molecule has 0 spiro atoms. The topological polar surface area (TPSA) is 101 Å². The van der Waals surface area contributed by atoms with E-state index in [0.29, 0.717) is 58.8 Å². The summed E-state index contributed by atoms with van der Waals surface area (Å²) in [5.41, 5.74) is 8.28. The second-order valence-corrected chi connectivity index (χ2v) is 13.6. The zero-order valence-corrected chi connectivity index (χ0v) is 31.5. The third kappa shape index (κ3) is 5.76. The molecular formula is C41H48N2O9. The van der Waals surface area contributed by atoms with E-state index in [1.54, 1.807) is 49.8 Å². The van der Waals surface area contributed by atoms with Crippen molar-refractivity contribution in [2.75, 3.05) is 77.0 Å². The average molecular weight is 713 g/mol. The SMILES string of the molecule is COc1cc(CC2c3cc(OC)c(OC)cc3CCN2C)c(Oc2cc3c(cc2OC)-c2c(OC)c(OC)c(O)c4c2C(C3)N(C)CC4)cc1OC. The third-order valence-corrected chi connectivity index (χ3v) is 11.1. The predicted octanol–water partition coefficient (Wildman–Crippen LogP) is 6.77. The number of benzene rings is 4. The first-order valence-electron chi connectivity index (χ1n) is 17.5. The molecule has 0 saturated heterocycles. The lowest BCUT2D eigenvalue weighted by Gasteiger charge is -2.41. The molecule has 4 aromatic rings. The fourth-order valence-corrected chi connectivity index (χ4v) is 8.31. The van der Waals surface area contributed by atoms with Gasteiger partial charge in [0.1, 0.15) is 5.75 Å². The lowest BCUT2D eigenvalue weighted by atomic mass is 9.76. The monoisotopic (exact) mass is 712 g/mol. The van der Waals surface area contributed by atoms with Crippen molar-refractivity contribution in [3.63, 3.8) is 0 Å². The van der Waals surface area contributed by atoms with Crippen LogP contribution in [0.15, 0.2) is 36.4 Å². The lowest BCUT2D eigenvalue weighted by Crippen LogP contribution is -2.35. The van der Waals surface area contributed by atoms with Gasteiger partial charge in [-0.3, -0.25) is 9.80 Å². The highest BCUT2D eigenvalue weighted by molar-refractivity contribution is 5.87. The molecule has 0 amide bonds. The molecule has 0 radical (unpaired) electrons. The highest BCUT2D eigenvalue weighted by Gasteiger charge is 2.39. The molecule has 11 nitrogen and oxygen atoms in total. The zero-order chi connectivity index (χ0) is 36.8. The minimum Gasteiger partial charge on any atom is -0.504 e. The highest BCUT2D eigenvalue weighted by Crippen LogP contribution is 2.58. The first kappa shape index (κ1) is 35.4. The summed E-state index contributed by atoms with van der Waals surface area (Å²) in [7, 11) is 15.7. The van der Waals surface area contributed by atoms with E-state index >= 15 is 0 Å². The van der Waals surface area contributed by atoms with Crippen LogP contribution in [0.5, 0.6) is 57.5 Å². The highest BCUT2D eigenvalue weighted by atomic mass is 16.5. The number of fused-ring (bicyclic) bond motifs is 3. The summed E-state index contributed by atoms with van der Waals surface area (Å²) >= 11 is 0. The maximum Gasteiger partial charge on any atom is 0.204 e. The summed E-state index contributed by atoms with van der Waals surface area (Å²) in [4.78, 5) is 4.69. The number of rotatable bonds is 11. The molecule has 0 fully saturated rings. The van der Waals surface area contributed by atoms with E-state index < -0.39 is 0 Å². The Labute approximate surface area is 305 Å². The maximum atomic E-state index is 11.3. The summed E-state index contributed by atoms with van der Waals surface area (Å²) in [6, 6.07) is 12.2. The van der Waals surface area contributed by atoms with Crippen LogP contribution in [0.25, 0.3) is 11.1 Å². The van der Waals surface area contributed by atoms with E-state index in [2.05, 4.69) is 42.1 Å². The second-order valence-electron chi connectivity index (χ2n) is 13.6. The molecule has 11 heteroatoms. The van der Waals surface area contributed by atoms with Crippen LogP contribution in [0.3, 0.4) is 0 Å². The summed E-state index contributed by atoms with van der Waals surface area (Å²) < 4.78 is 47.5. The number of ether oxygens (including phenoxy) is 8. The molecule has 0 bridgehead atoms. The van der Waals surface area contributed by atoms with E-state index in [9.17, 15) is 5.11 Å². The number of nitrogens with zero attached hydrogens (tertiary/aromatic N) is 2. The molecule has 2 heterocycles. The Morgan fingerprint density at radius 1 is 0.615 bits per heavy atom. The molecule has 276 valence electrons. The van der Waals surface area contributed by atoms with Crippen molar-refractivity contribution in [1.29, 1.82) is 0 Å². The Morgan fingerprint density at radius 2 is 1.21 bits per heavy atom. The van der Waals surface area contributed by atoms with Crippen LogP contribution >= 0.6 is 0 Å². The Bertz CT molecular complexity index is 2010. The number of phenols is 1. The summed E-state index contributed by atoms with van der Waals surface area (Å²) in [5, 5.41) is 11.3. The number of phenolic OH excluding ortho intramolecular Hbond substituents is 1. The van der Waals surface area contributed by atoms with Crippen LogP contribution in [-0.2, 0) is 25.7 Å². The Balaban J connectivity index is 1.35. The molecule has 0 saturated carbocycles. The van der Waals surface area contributed by atoms with Crippen molar-refractivity contribution >= 4 is 0 Å². The average Bonchev–Trinajstić information content (AvgIpc) is 3.16. The molecule has 1 N–H and O–H groups in total. The van der Waals surface area contributed by atoms with Crippen LogP contribution in [0.2, 0.25) is 0 Å². The van der Waals surface area contributed by atoms with Crippen molar-refractivity contribution in [1.82, 2.24) is 9.80 Å². The fraction of sp³-hybridized carbons (Fsp3) is 0.415. The van der Waals surface area contributed by atoms with Gasteiger partial charge in [-0.05, 0) is 97.9 Å². The van der Waals surface area contributed by atoms with Crippen molar-refractivity contribution in [2.45, 2.75) is 37.8 Å². The molecule has 2 atom stereocenters. The number of methoxy groups -OCH3 is 7. The largest absolute Gasteiger partial charge is 0.504 e. The first-order valence-corrected chi connectivity index (χ1v) is 17.5. The smallest absolute Gasteiger partial charge is 0.204 e. The number of aromatic hydroxyl groups is 1. The van der Waals surface area contributed by atoms with Gasteiger partial charge in [-0.25, -0.2) is 0 Å². The minimum atomic E-state index is 0.0285. The third-order valence-electron chi connectivity index (χ3n) is 11.1. The molecule has 2 unspecified atom stereocenters. The summed E-state index contributed by atoms with van der Waals surface area (Å²) in [5.74, 6) is 5.36. The standard InChI is InChI=1S/C41H48N2O9/c1-42-12-10-22-16-31(45-3)33(47-5)19-26(22)28(42)15-24-18-32(46-4)35(49-7)21-30(24)52-36-17-23-14-29-37-25(11-13-43(29)2)39(44)41(51-9)40(50-8)38(37)27(23)20-34(36)48-6/h16-21,28-29,44H,10-15H2,1-9H3. The Hall–Kier alpha value is -5.00.